The van der Waals surface area contributed by atoms with Crippen LogP contribution in [0.15, 0.2) is 54.1 Å². The molecule has 0 atom stereocenters. The first-order valence-corrected chi connectivity index (χ1v) is 11.3. The summed E-state index contributed by atoms with van der Waals surface area (Å²) < 4.78 is 23.8. The van der Waals surface area contributed by atoms with Crippen LogP contribution in [-0.2, 0) is 16.0 Å². The topological polar surface area (TPSA) is 79.9 Å². The molecule has 34 heavy (non-hydrogen) atoms. The molecule has 0 spiro atoms. The molecule has 0 radical (unpaired) electrons. The first-order valence-electron chi connectivity index (χ1n) is 11.3. The van der Waals surface area contributed by atoms with Crippen LogP contribution in [0.1, 0.15) is 47.1 Å². The quantitative estimate of drug-likeness (QED) is 0.397. The summed E-state index contributed by atoms with van der Waals surface area (Å²) >= 11 is 0. The maximum atomic E-state index is 13.4. The molecular weight excluding hydrogens is 437 g/mol. The van der Waals surface area contributed by atoms with Gasteiger partial charge in [-0.3, -0.25) is 10.6 Å². The number of carbonyl (C=O) groups excluding carboxylic acids is 2. The van der Waals surface area contributed by atoms with Gasteiger partial charge in [-0.1, -0.05) is 23.8 Å². The van der Waals surface area contributed by atoms with E-state index >= 15 is 0 Å². The minimum Gasteiger partial charge on any atom is -0.447 e. The van der Waals surface area contributed by atoms with Crippen LogP contribution in [0.3, 0.4) is 0 Å². The van der Waals surface area contributed by atoms with Gasteiger partial charge in [0.15, 0.2) is 0 Å². The number of nitrogens with zero attached hydrogens (tertiary/aromatic N) is 1. The van der Waals surface area contributed by atoms with E-state index in [0.717, 1.165) is 16.8 Å². The van der Waals surface area contributed by atoms with E-state index in [1.54, 1.807) is 52.0 Å². The Morgan fingerprint density at radius 3 is 2.03 bits per heavy atom. The van der Waals surface area contributed by atoms with E-state index in [-0.39, 0.29) is 18.0 Å². The molecule has 0 saturated heterocycles. The molecule has 8 heteroatoms. The third kappa shape index (κ3) is 8.77. The van der Waals surface area contributed by atoms with Gasteiger partial charge in [-0.25, -0.2) is 14.0 Å². The summed E-state index contributed by atoms with van der Waals surface area (Å²) in [4.78, 5) is 26.6. The Morgan fingerprint density at radius 2 is 1.50 bits per heavy atom. The Kier molecular flexibility index (Phi) is 9.92. The zero-order valence-electron chi connectivity index (χ0n) is 20.6. The van der Waals surface area contributed by atoms with Crippen molar-refractivity contribution in [2.24, 2.45) is 0 Å². The number of anilines is 3. The van der Waals surface area contributed by atoms with Crippen molar-refractivity contribution in [3.63, 3.8) is 0 Å². The Morgan fingerprint density at radius 1 is 0.941 bits per heavy atom. The van der Waals surface area contributed by atoms with Gasteiger partial charge < -0.3 is 14.4 Å². The minimum atomic E-state index is -0.637. The van der Waals surface area contributed by atoms with Gasteiger partial charge in [-0.05, 0) is 77.4 Å². The Balaban J connectivity index is 2.41. The molecule has 2 aromatic rings. The molecule has 0 unspecified atom stereocenters. The number of rotatable bonds is 9. The molecule has 2 amide bonds. The highest BCUT2D eigenvalue weighted by Gasteiger charge is 2.17. The standard InChI is InChI=1S/C26H34FN3O4/c1-7-19(6)15-30(16-20-8-10-21(27)11-9-20)22-12-13-23(28-25(31)33-17(2)3)24(14-22)29-26(32)34-18(4)5/h7-14,17-18H,15-16H2,1-6H3,(H,28,31)(H,29,32). The lowest BCUT2D eigenvalue weighted by molar-refractivity contribution is 0.128. The summed E-state index contributed by atoms with van der Waals surface area (Å²) in [5, 5.41) is 5.38. The van der Waals surface area contributed by atoms with Crippen LogP contribution in [-0.4, -0.2) is 30.9 Å². The Bertz CT molecular complexity index is 1000. The predicted octanol–water partition coefficient (Wildman–Crippen LogP) is 6.71. The number of ether oxygens (including phenoxy) is 2. The summed E-state index contributed by atoms with van der Waals surface area (Å²) in [6, 6.07) is 11.6. The molecule has 7 nitrogen and oxygen atoms in total. The van der Waals surface area contributed by atoms with Crippen molar-refractivity contribution >= 4 is 29.2 Å². The summed E-state index contributed by atoms with van der Waals surface area (Å²) in [6.07, 6.45) is 0.154. The van der Waals surface area contributed by atoms with E-state index < -0.39 is 12.2 Å². The van der Waals surface area contributed by atoms with Crippen molar-refractivity contribution in [1.29, 1.82) is 0 Å². The molecule has 2 rings (SSSR count). The molecule has 0 aliphatic rings. The fourth-order valence-corrected chi connectivity index (χ4v) is 3.09. The minimum absolute atomic E-state index is 0.293. The van der Waals surface area contributed by atoms with Gasteiger partial charge >= 0.3 is 12.2 Å². The lowest BCUT2D eigenvalue weighted by Crippen LogP contribution is -2.26. The molecular formula is C26H34FN3O4. The molecule has 2 N–H and O–H groups in total. The first kappa shape index (κ1) is 26.7. The van der Waals surface area contributed by atoms with Crippen LogP contribution in [0.25, 0.3) is 0 Å². The number of benzene rings is 2. The van der Waals surface area contributed by atoms with E-state index in [0.29, 0.717) is 24.5 Å². The van der Waals surface area contributed by atoms with E-state index in [1.807, 2.05) is 26.0 Å². The van der Waals surface area contributed by atoms with Crippen molar-refractivity contribution in [1.82, 2.24) is 0 Å². The van der Waals surface area contributed by atoms with E-state index in [1.165, 1.54) is 12.1 Å². The maximum Gasteiger partial charge on any atom is 0.411 e. The van der Waals surface area contributed by atoms with Crippen molar-refractivity contribution in [2.45, 2.75) is 60.3 Å². The van der Waals surface area contributed by atoms with Gasteiger partial charge in [0.1, 0.15) is 5.82 Å². The Hall–Kier alpha value is -3.55. The third-order valence-electron chi connectivity index (χ3n) is 4.75. The van der Waals surface area contributed by atoms with E-state index in [9.17, 15) is 14.0 Å². The van der Waals surface area contributed by atoms with Crippen LogP contribution >= 0.6 is 0 Å². The van der Waals surface area contributed by atoms with Crippen molar-refractivity contribution in [3.05, 3.63) is 65.5 Å². The monoisotopic (exact) mass is 471 g/mol. The second-order valence-electron chi connectivity index (χ2n) is 8.51. The molecule has 0 aliphatic heterocycles. The summed E-state index contributed by atoms with van der Waals surface area (Å²) in [5.74, 6) is -0.293. The molecule has 0 saturated carbocycles. The van der Waals surface area contributed by atoms with Gasteiger partial charge in [-0.15, -0.1) is 0 Å². The largest absolute Gasteiger partial charge is 0.447 e. The van der Waals surface area contributed by atoms with Crippen LogP contribution in [0.2, 0.25) is 0 Å². The number of carbonyl (C=O) groups is 2. The molecule has 0 heterocycles. The fourth-order valence-electron chi connectivity index (χ4n) is 3.09. The van der Waals surface area contributed by atoms with Crippen LogP contribution < -0.4 is 15.5 Å². The SMILES string of the molecule is CC=C(C)CN(Cc1ccc(F)cc1)c1ccc(NC(=O)OC(C)C)c(NC(=O)OC(C)C)c1. The van der Waals surface area contributed by atoms with Gasteiger partial charge in [-0.2, -0.15) is 0 Å². The number of hydrogen-bond donors (Lipinski definition) is 2. The number of hydrogen-bond acceptors (Lipinski definition) is 5. The zero-order valence-corrected chi connectivity index (χ0v) is 20.6. The number of allylic oxidation sites excluding steroid dienone is 1. The van der Waals surface area contributed by atoms with Gasteiger partial charge in [0, 0.05) is 18.8 Å². The van der Waals surface area contributed by atoms with Crippen LogP contribution in [0, 0.1) is 5.82 Å². The average Bonchev–Trinajstić information content (AvgIpc) is 2.74. The van der Waals surface area contributed by atoms with E-state index in [4.69, 9.17) is 9.47 Å². The smallest absolute Gasteiger partial charge is 0.411 e. The van der Waals surface area contributed by atoms with Crippen molar-refractivity contribution < 1.29 is 23.5 Å². The summed E-state index contributed by atoms with van der Waals surface area (Å²) in [6.45, 7) is 12.1. The molecule has 0 fully saturated rings. The highest BCUT2D eigenvalue weighted by molar-refractivity contribution is 5.96. The summed E-state index contributed by atoms with van der Waals surface area (Å²) in [5.41, 5.74) is 3.61. The highest BCUT2D eigenvalue weighted by atomic mass is 19.1. The number of halogens is 1. The molecule has 0 bridgehead atoms. The molecule has 0 aliphatic carbocycles. The zero-order chi connectivity index (χ0) is 25.3. The Labute approximate surface area is 200 Å². The second-order valence-corrected chi connectivity index (χ2v) is 8.51. The van der Waals surface area contributed by atoms with Gasteiger partial charge in [0.25, 0.3) is 0 Å². The average molecular weight is 472 g/mol. The number of amides is 2. The van der Waals surface area contributed by atoms with Crippen LogP contribution in [0.5, 0.6) is 0 Å². The summed E-state index contributed by atoms with van der Waals surface area (Å²) in [7, 11) is 0. The lowest BCUT2D eigenvalue weighted by Gasteiger charge is -2.27. The van der Waals surface area contributed by atoms with Crippen molar-refractivity contribution in [3.8, 4) is 0 Å². The third-order valence-corrected chi connectivity index (χ3v) is 4.75. The van der Waals surface area contributed by atoms with Crippen molar-refractivity contribution in [2.75, 3.05) is 22.1 Å². The predicted molar refractivity (Wildman–Crippen MR) is 134 cm³/mol. The second kappa shape index (κ2) is 12.6. The van der Waals surface area contributed by atoms with Gasteiger partial charge in [0.05, 0.1) is 23.6 Å². The molecule has 0 aromatic heterocycles. The normalized spacial score (nSPS) is 11.4. The lowest BCUT2D eigenvalue weighted by atomic mass is 10.1. The van der Waals surface area contributed by atoms with Crippen LogP contribution in [0.4, 0.5) is 31.0 Å². The molecule has 184 valence electrons. The van der Waals surface area contributed by atoms with E-state index in [2.05, 4.69) is 15.5 Å². The first-order chi connectivity index (χ1) is 16.1. The molecule has 2 aromatic carbocycles. The number of nitrogens with one attached hydrogen (secondary N) is 2. The maximum absolute atomic E-state index is 13.4. The highest BCUT2D eigenvalue weighted by Crippen LogP contribution is 2.30. The fraction of sp³-hybridized carbons (Fsp3) is 0.385. The van der Waals surface area contributed by atoms with Gasteiger partial charge in [0.2, 0.25) is 0 Å².